The monoisotopic (exact) mass is 337 g/mol. The molecule has 1 aromatic rings. The third-order valence-corrected chi connectivity index (χ3v) is 5.24. The molecule has 3 rings (SSSR count). The molecule has 3 unspecified atom stereocenters. The van der Waals surface area contributed by atoms with Gasteiger partial charge in [-0.05, 0) is 65.2 Å². The molecule has 0 heterocycles. The zero-order valence-corrected chi connectivity index (χ0v) is 12.5. The van der Waals surface area contributed by atoms with Crippen molar-refractivity contribution in [3.8, 4) is 0 Å². The summed E-state index contributed by atoms with van der Waals surface area (Å²) in [5.41, 5.74) is 0.717. The minimum atomic E-state index is -0.993. The Morgan fingerprint density at radius 3 is 2.65 bits per heavy atom. The first kappa shape index (κ1) is 13.6. The second-order valence-electron chi connectivity index (χ2n) is 5.77. The molecule has 0 spiro atoms. The predicted molar refractivity (Wildman–Crippen MR) is 78.7 cm³/mol. The maximum absolute atomic E-state index is 12.4. The largest absolute Gasteiger partial charge is 0.478 e. The molecule has 20 heavy (non-hydrogen) atoms. The molecular weight excluding hydrogens is 322 g/mol. The van der Waals surface area contributed by atoms with Crippen molar-refractivity contribution >= 4 is 33.5 Å². The Morgan fingerprint density at radius 2 is 2.05 bits per heavy atom. The van der Waals surface area contributed by atoms with Gasteiger partial charge in [-0.25, -0.2) is 4.79 Å². The van der Waals surface area contributed by atoms with Crippen LogP contribution >= 0.6 is 15.9 Å². The third-order valence-electron chi connectivity index (χ3n) is 4.55. The van der Waals surface area contributed by atoms with E-state index < -0.39 is 5.97 Å². The van der Waals surface area contributed by atoms with Crippen molar-refractivity contribution in [3.63, 3.8) is 0 Å². The first-order valence-electron chi connectivity index (χ1n) is 6.88. The summed E-state index contributed by atoms with van der Waals surface area (Å²) in [5, 5.41) is 11.9. The first-order chi connectivity index (χ1) is 9.54. The van der Waals surface area contributed by atoms with Crippen LogP contribution in [0.4, 0.5) is 5.69 Å². The summed E-state index contributed by atoms with van der Waals surface area (Å²) in [6, 6.07) is 4.66. The molecule has 2 aliphatic rings. The molecule has 2 aliphatic carbocycles. The summed E-state index contributed by atoms with van der Waals surface area (Å²) >= 11 is 3.35. The number of carboxylic acid groups (broad SMARTS) is 1. The molecule has 0 saturated heterocycles. The fourth-order valence-corrected chi connectivity index (χ4v) is 3.89. The van der Waals surface area contributed by atoms with Gasteiger partial charge < -0.3 is 10.4 Å². The van der Waals surface area contributed by atoms with Crippen LogP contribution in [0.15, 0.2) is 22.7 Å². The number of halogens is 1. The SMILES string of the molecule is O=C(O)c1ccc(Br)c(NC(=O)C2CC3CCC2C3)c1. The van der Waals surface area contributed by atoms with Crippen LogP contribution in [0.2, 0.25) is 0 Å². The van der Waals surface area contributed by atoms with E-state index in [2.05, 4.69) is 21.2 Å². The highest BCUT2D eigenvalue weighted by Crippen LogP contribution is 2.48. The fraction of sp³-hybridized carbons (Fsp3) is 0.467. The molecule has 2 N–H and O–H groups in total. The zero-order chi connectivity index (χ0) is 14.3. The number of carbonyl (C=O) groups is 2. The summed E-state index contributed by atoms with van der Waals surface area (Å²) in [7, 11) is 0. The molecule has 2 fully saturated rings. The highest BCUT2D eigenvalue weighted by molar-refractivity contribution is 9.10. The molecule has 1 amide bonds. The van der Waals surface area contributed by atoms with Gasteiger partial charge in [-0.2, -0.15) is 0 Å². The van der Waals surface area contributed by atoms with Gasteiger partial charge in [0.25, 0.3) is 0 Å². The molecule has 0 aromatic heterocycles. The third kappa shape index (κ3) is 2.46. The molecule has 1 aromatic carbocycles. The molecule has 2 bridgehead atoms. The molecule has 3 atom stereocenters. The van der Waals surface area contributed by atoms with E-state index in [9.17, 15) is 9.59 Å². The maximum Gasteiger partial charge on any atom is 0.335 e. The lowest BCUT2D eigenvalue weighted by Crippen LogP contribution is -2.27. The highest BCUT2D eigenvalue weighted by atomic mass is 79.9. The molecule has 5 heteroatoms. The summed E-state index contributed by atoms with van der Waals surface area (Å²) < 4.78 is 0.707. The van der Waals surface area contributed by atoms with Crippen LogP contribution < -0.4 is 5.32 Å². The van der Waals surface area contributed by atoms with Gasteiger partial charge in [-0.3, -0.25) is 4.79 Å². The number of fused-ring (bicyclic) bond motifs is 2. The summed E-state index contributed by atoms with van der Waals surface area (Å²) in [5.74, 6) is 0.355. The van der Waals surface area contributed by atoms with Gasteiger partial charge in [-0.15, -0.1) is 0 Å². The average molecular weight is 338 g/mol. The molecule has 2 saturated carbocycles. The van der Waals surface area contributed by atoms with Gasteiger partial charge in [-0.1, -0.05) is 6.42 Å². The van der Waals surface area contributed by atoms with Crippen LogP contribution in [0, 0.1) is 17.8 Å². The standard InChI is InChI=1S/C15H16BrNO3/c16-12-4-3-10(15(19)20)7-13(12)17-14(18)11-6-8-1-2-9(11)5-8/h3-4,7-9,11H,1-2,5-6H2,(H,17,18)(H,19,20). The van der Waals surface area contributed by atoms with E-state index in [1.807, 2.05) is 0 Å². The fourth-order valence-electron chi connectivity index (χ4n) is 3.55. The number of carboxylic acids is 1. The Balaban J connectivity index is 1.75. The zero-order valence-electron chi connectivity index (χ0n) is 10.9. The van der Waals surface area contributed by atoms with Crippen LogP contribution in [0.1, 0.15) is 36.0 Å². The highest BCUT2D eigenvalue weighted by Gasteiger charge is 2.43. The second-order valence-corrected chi connectivity index (χ2v) is 6.62. The minimum absolute atomic E-state index is 0.0282. The molecular formula is C15H16BrNO3. The predicted octanol–water partition coefficient (Wildman–Crippen LogP) is 3.52. The van der Waals surface area contributed by atoms with Crippen molar-refractivity contribution < 1.29 is 14.7 Å². The van der Waals surface area contributed by atoms with E-state index in [1.54, 1.807) is 6.07 Å². The lowest BCUT2D eigenvalue weighted by Gasteiger charge is -2.21. The number of hydrogen-bond donors (Lipinski definition) is 2. The molecule has 0 radical (unpaired) electrons. The quantitative estimate of drug-likeness (QED) is 0.886. The number of hydrogen-bond acceptors (Lipinski definition) is 2. The van der Waals surface area contributed by atoms with Gasteiger partial charge in [0.2, 0.25) is 5.91 Å². The second kappa shape index (κ2) is 5.20. The smallest absolute Gasteiger partial charge is 0.335 e. The van der Waals surface area contributed by atoms with Crippen LogP contribution in [-0.2, 0) is 4.79 Å². The van der Waals surface area contributed by atoms with E-state index in [-0.39, 0.29) is 17.4 Å². The molecule has 106 valence electrons. The van der Waals surface area contributed by atoms with Crippen molar-refractivity contribution in [1.82, 2.24) is 0 Å². The number of aromatic carboxylic acids is 1. The summed E-state index contributed by atoms with van der Waals surface area (Å²) in [4.78, 5) is 23.3. The van der Waals surface area contributed by atoms with E-state index >= 15 is 0 Å². The Labute approximate surface area is 125 Å². The van der Waals surface area contributed by atoms with Gasteiger partial charge in [0.05, 0.1) is 11.3 Å². The number of amides is 1. The van der Waals surface area contributed by atoms with Crippen molar-refractivity contribution in [3.05, 3.63) is 28.2 Å². The van der Waals surface area contributed by atoms with Gasteiger partial charge in [0, 0.05) is 10.4 Å². The Bertz CT molecular complexity index is 572. The lowest BCUT2D eigenvalue weighted by molar-refractivity contribution is -0.121. The van der Waals surface area contributed by atoms with E-state index in [1.165, 1.54) is 25.0 Å². The van der Waals surface area contributed by atoms with Gasteiger partial charge in [0.15, 0.2) is 0 Å². The Hall–Kier alpha value is -1.36. The van der Waals surface area contributed by atoms with Gasteiger partial charge >= 0.3 is 5.97 Å². The number of rotatable bonds is 3. The number of carbonyl (C=O) groups excluding carboxylic acids is 1. The molecule has 0 aliphatic heterocycles. The van der Waals surface area contributed by atoms with Crippen molar-refractivity contribution in [2.75, 3.05) is 5.32 Å². The summed E-state index contributed by atoms with van der Waals surface area (Å²) in [6.07, 6.45) is 4.56. The van der Waals surface area contributed by atoms with E-state index in [4.69, 9.17) is 5.11 Å². The Morgan fingerprint density at radius 1 is 1.25 bits per heavy atom. The molecule has 4 nitrogen and oxygen atoms in total. The van der Waals surface area contributed by atoms with Crippen LogP contribution in [-0.4, -0.2) is 17.0 Å². The topological polar surface area (TPSA) is 66.4 Å². The van der Waals surface area contributed by atoms with E-state index in [0.717, 1.165) is 12.8 Å². The number of anilines is 1. The number of benzene rings is 1. The Kier molecular flexibility index (Phi) is 3.54. The minimum Gasteiger partial charge on any atom is -0.478 e. The van der Waals surface area contributed by atoms with Crippen LogP contribution in [0.3, 0.4) is 0 Å². The van der Waals surface area contributed by atoms with E-state index in [0.29, 0.717) is 22.0 Å². The summed E-state index contributed by atoms with van der Waals surface area (Å²) in [6.45, 7) is 0. The lowest BCUT2D eigenvalue weighted by atomic mass is 9.88. The van der Waals surface area contributed by atoms with Crippen LogP contribution in [0.5, 0.6) is 0 Å². The van der Waals surface area contributed by atoms with Crippen LogP contribution in [0.25, 0.3) is 0 Å². The average Bonchev–Trinajstić information content (AvgIpc) is 3.03. The van der Waals surface area contributed by atoms with Crippen molar-refractivity contribution in [2.45, 2.75) is 25.7 Å². The number of nitrogens with one attached hydrogen (secondary N) is 1. The van der Waals surface area contributed by atoms with Gasteiger partial charge in [0.1, 0.15) is 0 Å². The normalized spacial score (nSPS) is 27.6. The van der Waals surface area contributed by atoms with Crippen molar-refractivity contribution in [2.24, 2.45) is 17.8 Å². The maximum atomic E-state index is 12.4. The first-order valence-corrected chi connectivity index (χ1v) is 7.67. The van der Waals surface area contributed by atoms with Crippen molar-refractivity contribution in [1.29, 1.82) is 0 Å².